The number of rotatable bonds is 6. The minimum absolute atomic E-state index is 0.0107. The van der Waals surface area contributed by atoms with Crippen LogP contribution in [0.2, 0.25) is 0 Å². The van der Waals surface area contributed by atoms with Gasteiger partial charge in [0.1, 0.15) is 0 Å². The van der Waals surface area contributed by atoms with Crippen LogP contribution in [0.25, 0.3) is 100 Å². The van der Waals surface area contributed by atoms with E-state index in [-0.39, 0.29) is 34.7 Å². The van der Waals surface area contributed by atoms with Crippen LogP contribution in [0, 0.1) is 0 Å². The fourth-order valence-corrected chi connectivity index (χ4v) is 8.79. The largest absolute Gasteiger partial charge is 0.417 e. The predicted molar refractivity (Wildman–Crippen MR) is 240 cm³/mol. The predicted octanol–water partition coefficient (Wildman–Crippen LogP) is 14.8. The van der Waals surface area contributed by atoms with Gasteiger partial charge in [-0.2, -0.15) is 26.3 Å². The van der Waals surface area contributed by atoms with Crippen LogP contribution in [0.4, 0.5) is 26.3 Å². The summed E-state index contributed by atoms with van der Waals surface area (Å²) in [6.45, 7) is 0. The van der Waals surface area contributed by atoms with Crippen molar-refractivity contribution >= 4 is 43.6 Å². The molecule has 0 N–H and O–H groups in total. The highest BCUT2D eigenvalue weighted by atomic mass is 19.4. The fraction of sp³-hybridized carbons (Fsp3) is 0.0377. The Morgan fingerprint density at radius 3 is 1.30 bits per heavy atom. The van der Waals surface area contributed by atoms with Crippen molar-refractivity contribution in [3.8, 4) is 56.7 Å². The Morgan fingerprint density at radius 1 is 0.328 bits per heavy atom. The van der Waals surface area contributed by atoms with Gasteiger partial charge in [-0.05, 0) is 71.8 Å². The summed E-state index contributed by atoms with van der Waals surface area (Å²) >= 11 is 0. The molecule has 0 saturated carbocycles. The Morgan fingerprint density at radius 2 is 0.766 bits per heavy atom. The van der Waals surface area contributed by atoms with Crippen LogP contribution in [0.15, 0.2) is 188 Å². The average molecular weight is 852 g/mol. The molecular weight excluding hydrogens is 821 g/mol. The summed E-state index contributed by atoms with van der Waals surface area (Å²) in [6, 6.07) is 55.4. The first-order chi connectivity index (χ1) is 31.0. The quantitative estimate of drug-likeness (QED) is 0.157. The zero-order chi connectivity index (χ0) is 43.7. The topological polar surface area (TPSA) is 48.5 Å². The van der Waals surface area contributed by atoms with Crippen molar-refractivity contribution in [2.75, 3.05) is 0 Å². The molecule has 5 nitrogen and oxygen atoms in total. The molecule has 11 aromatic rings. The van der Waals surface area contributed by atoms with Crippen molar-refractivity contribution in [1.82, 2.24) is 24.1 Å². The molecule has 3 aromatic heterocycles. The van der Waals surface area contributed by atoms with Crippen molar-refractivity contribution in [1.29, 1.82) is 0 Å². The molecule has 8 aromatic carbocycles. The van der Waals surface area contributed by atoms with Gasteiger partial charge in [-0.15, -0.1) is 0 Å². The van der Waals surface area contributed by atoms with Gasteiger partial charge in [0.2, 0.25) is 0 Å². The van der Waals surface area contributed by atoms with Crippen LogP contribution < -0.4 is 0 Å². The lowest BCUT2D eigenvalue weighted by Gasteiger charge is -2.19. The second kappa shape index (κ2) is 14.8. The molecule has 0 atom stereocenters. The lowest BCUT2D eigenvalue weighted by molar-refractivity contribution is -0.142. The van der Waals surface area contributed by atoms with Crippen LogP contribution in [0.1, 0.15) is 11.1 Å². The number of aromatic nitrogens is 5. The van der Waals surface area contributed by atoms with Crippen LogP contribution in [-0.2, 0) is 12.4 Å². The Balaban J connectivity index is 1.18. The van der Waals surface area contributed by atoms with E-state index in [9.17, 15) is 26.3 Å². The summed E-state index contributed by atoms with van der Waals surface area (Å²) in [4.78, 5) is 14.5. The van der Waals surface area contributed by atoms with Crippen LogP contribution in [0.5, 0.6) is 0 Å². The summed E-state index contributed by atoms with van der Waals surface area (Å²) in [5, 5.41) is 4.12. The average Bonchev–Trinajstić information content (AvgIpc) is 3.83. The first kappa shape index (κ1) is 38.8. The van der Waals surface area contributed by atoms with E-state index in [2.05, 4.69) is 34.9 Å². The molecule has 0 bridgehead atoms. The number of hydrogen-bond acceptors (Lipinski definition) is 3. The van der Waals surface area contributed by atoms with E-state index in [1.165, 1.54) is 6.07 Å². The lowest BCUT2D eigenvalue weighted by atomic mass is 9.92. The van der Waals surface area contributed by atoms with E-state index < -0.39 is 29.0 Å². The molecule has 0 aliphatic carbocycles. The van der Waals surface area contributed by atoms with Gasteiger partial charge >= 0.3 is 12.4 Å². The summed E-state index contributed by atoms with van der Waals surface area (Å²) < 4.78 is 91.0. The summed E-state index contributed by atoms with van der Waals surface area (Å²) in [5.74, 6) is 0.560. The third kappa shape index (κ3) is 6.55. The smallest absolute Gasteiger partial charge is 0.309 e. The van der Waals surface area contributed by atoms with Crippen molar-refractivity contribution in [2.24, 2.45) is 0 Å². The molecule has 0 fully saturated rings. The Labute approximate surface area is 361 Å². The number of fused-ring (bicyclic) bond motifs is 6. The van der Waals surface area contributed by atoms with Crippen molar-refractivity contribution in [2.45, 2.75) is 12.4 Å². The van der Waals surface area contributed by atoms with E-state index in [1.807, 2.05) is 126 Å². The maximum atomic E-state index is 15.0. The summed E-state index contributed by atoms with van der Waals surface area (Å²) in [6.07, 6.45) is -10.1. The molecule has 0 aliphatic rings. The molecular formula is C53H31F6N5. The molecule has 310 valence electrons. The first-order valence-corrected chi connectivity index (χ1v) is 20.3. The van der Waals surface area contributed by atoms with Gasteiger partial charge in [-0.3, -0.25) is 0 Å². The summed E-state index contributed by atoms with van der Waals surface area (Å²) in [7, 11) is 0. The Hall–Kier alpha value is -8.05. The number of para-hydroxylation sites is 3. The van der Waals surface area contributed by atoms with Gasteiger partial charge in [-0.1, -0.05) is 127 Å². The number of halogens is 6. The van der Waals surface area contributed by atoms with Gasteiger partial charge in [-0.25, -0.2) is 15.0 Å². The molecule has 0 aliphatic heterocycles. The van der Waals surface area contributed by atoms with Crippen molar-refractivity contribution in [3.05, 3.63) is 199 Å². The van der Waals surface area contributed by atoms with Crippen molar-refractivity contribution in [3.63, 3.8) is 0 Å². The van der Waals surface area contributed by atoms with E-state index in [4.69, 9.17) is 15.0 Å². The zero-order valence-corrected chi connectivity index (χ0v) is 33.4. The SMILES string of the molecule is FC(F)(F)c1ccc(-c2ccc(-n3c4ccccc4c4cc(-n5c6ccccc6c6ccccc65)ccc43)cc2-c2nc(-c3ccccc3)nc(-c3ccccc3)n2)c(C(F)(F)F)c1. The molecule has 3 heterocycles. The highest BCUT2D eigenvalue weighted by molar-refractivity contribution is 6.12. The van der Waals surface area contributed by atoms with Crippen molar-refractivity contribution < 1.29 is 26.3 Å². The zero-order valence-electron chi connectivity index (χ0n) is 33.4. The maximum Gasteiger partial charge on any atom is 0.417 e. The van der Waals surface area contributed by atoms with Gasteiger partial charge < -0.3 is 9.13 Å². The third-order valence-electron chi connectivity index (χ3n) is 11.6. The van der Waals surface area contributed by atoms with E-state index in [0.717, 1.165) is 55.4 Å². The van der Waals surface area contributed by atoms with Gasteiger partial charge in [0.15, 0.2) is 17.5 Å². The highest BCUT2D eigenvalue weighted by Gasteiger charge is 2.39. The molecule has 0 spiro atoms. The minimum Gasteiger partial charge on any atom is -0.309 e. The number of benzene rings is 8. The lowest BCUT2D eigenvalue weighted by Crippen LogP contribution is -2.12. The second-order valence-corrected chi connectivity index (χ2v) is 15.4. The van der Waals surface area contributed by atoms with Gasteiger partial charge in [0.05, 0.1) is 33.2 Å². The van der Waals surface area contributed by atoms with E-state index in [0.29, 0.717) is 22.9 Å². The number of hydrogen-bond donors (Lipinski definition) is 0. The van der Waals surface area contributed by atoms with Crippen LogP contribution >= 0.6 is 0 Å². The summed E-state index contributed by atoms with van der Waals surface area (Å²) in [5.41, 5.74) is 3.37. The molecule has 11 heteroatoms. The molecule has 0 saturated heterocycles. The van der Waals surface area contributed by atoms with Gasteiger partial charge in [0, 0.05) is 49.6 Å². The molecule has 0 amide bonds. The van der Waals surface area contributed by atoms with Crippen LogP contribution in [0.3, 0.4) is 0 Å². The van der Waals surface area contributed by atoms with Gasteiger partial charge in [0.25, 0.3) is 0 Å². The molecule has 11 rings (SSSR count). The normalized spacial score (nSPS) is 12.2. The minimum atomic E-state index is -5.14. The maximum absolute atomic E-state index is 15.0. The Kier molecular flexibility index (Phi) is 8.98. The molecule has 0 radical (unpaired) electrons. The van der Waals surface area contributed by atoms with Crippen LogP contribution in [-0.4, -0.2) is 24.1 Å². The Bertz CT molecular complexity index is 3480. The highest BCUT2D eigenvalue weighted by Crippen LogP contribution is 2.45. The molecule has 0 unspecified atom stereocenters. The monoisotopic (exact) mass is 851 g/mol. The van der Waals surface area contributed by atoms with E-state index in [1.54, 1.807) is 12.1 Å². The first-order valence-electron chi connectivity index (χ1n) is 20.3. The van der Waals surface area contributed by atoms with E-state index >= 15 is 0 Å². The fourth-order valence-electron chi connectivity index (χ4n) is 8.79. The second-order valence-electron chi connectivity index (χ2n) is 15.4. The number of alkyl halides is 6. The third-order valence-corrected chi connectivity index (χ3v) is 11.6. The number of nitrogens with zero attached hydrogens (tertiary/aromatic N) is 5. The standard InChI is InChI=1S/C53H31F6N5/c54-52(55,56)34-23-26-38(44(29-34)53(57,58)59)37-27-24-35(31-43(37)51-61-49(32-13-3-1-4-14-32)60-50(62-51)33-15-5-2-6-16-33)64-47-22-12-9-19-41(47)42-30-36(25-28-48(42)64)63-45-20-10-7-17-39(45)40-18-8-11-21-46(40)63/h1-31H. The molecule has 64 heavy (non-hydrogen) atoms.